The van der Waals surface area contributed by atoms with Gasteiger partial charge in [-0.25, -0.2) is 4.79 Å². The van der Waals surface area contributed by atoms with Gasteiger partial charge in [0, 0.05) is 5.75 Å². The van der Waals surface area contributed by atoms with Crippen LogP contribution in [0.25, 0.3) is 6.08 Å². The van der Waals surface area contributed by atoms with Gasteiger partial charge in [0.05, 0.1) is 0 Å². The Kier molecular flexibility index (Phi) is 8.11. The van der Waals surface area contributed by atoms with Crippen molar-refractivity contribution in [3.8, 4) is 0 Å². The Bertz CT molecular complexity index is 769. The first kappa shape index (κ1) is 22.0. The van der Waals surface area contributed by atoms with Crippen LogP contribution in [0.5, 0.6) is 0 Å². The van der Waals surface area contributed by atoms with Crippen LogP contribution < -0.4 is 5.32 Å². The molecule has 7 heteroatoms. The average Bonchev–Trinajstić information content (AvgIpc) is 3.10. The molecule has 0 aliphatic rings. The van der Waals surface area contributed by atoms with E-state index in [9.17, 15) is 4.79 Å². The van der Waals surface area contributed by atoms with Gasteiger partial charge in [-0.3, -0.25) is 0 Å². The zero-order chi connectivity index (χ0) is 20.6. The summed E-state index contributed by atoms with van der Waals surface area (Å²) in [6, 6.07) is 9.70. The van der Waals surface area contributed by atoms with Gasteiger partial charge in [0.1, 0.15) is 11.6 Å². The predicted molar refractivity (Wildman–Crippen MR) is 112 cm³/mol. The first-order valence-corrected chi connectivity index (χ1v) is 10.4. The molecule has 0 aliphatic carbocycles. The second kappa shape index (κ2) is 10.3. The van der Waals surface area contributed by atoms with Gasteiger partial charge in [-0.05, 0) is 32.3 Å². The monoisotopic (exact) mass is 403 g/mol. The standard InChI is InChI=1S/C21H29N3O3S/c1-6-15(2)17(22-19(25)27-21(3,4)5)18-23-24-20(26-18)28-14-10-13-16-11-8-7-9-12-16/h7-13,15,17H,6,14H2,1-5H3,(H,22,25)/b13-10+/t15?,17-/m0/s1. The van der Waals surface area contributed by atoms with Crippen LogP contribution in [0.3, 0.4) is 0 Å². The highest BCUT2D eigenvalue weighted by Crippen LogP contribution is 2.27. The fourth-order valence-corrected chi connectivity index (χ4v) is 2.97. The van der Waals surface area contributed by atoms with Crippen molar-refractivity contribution in [3.05, 3.63) is 47.9 Å². The van der Waals surface area contributed by atoms with Gasteiger partial charge in [-0.15, -0.1) is 10.2 Å². The maximum absolute atomic E-state index is 12.2. The Morgan fingerprint density at radius 2 is 2.00 bits per heavy atom. The highest BCUT2D eigenvalue weighted by molar-refractivity contribution is 7.99. The summed E-state index contributed by atoms with van der Waals surface area (Å²) in [4.78, 5) is 12.2. The number of amides is 1. The molecule has 2 aromatic rings. The largest absolute Gasteiger partial charge is 0.444 e. The number of benzene rings is 1. The van der Waals surface area contributed by atoms with Crippen molar-refractivity contribution >= 4 is 23.9 Å². The average molecular weight is 404 g/mol. The van der Waals surface area contributed by atoms with Crippen LogP contribution in [0, 0.1) is 5.92 Å². The van der Waals surface area contributed by atoms with Gasteiger partial charge in [0.2, 0.25) is 5.89 Å². The van der Waals surface area contributed by atoms with E-state index in [1.54, 1.807) is 0 Å². The summed E-state index contributed by atoms with van der Waals surface area (Å²) in [5, 5.41) is 11.6. The Balaban J connectivity index is 1.97. The number of carbonyl (C=O) groups excluding carboxylic acids is 1. The number of hydrogen-bond acceptors (Lipinski definition) is 6. The van der Waals surface area contributed by atoms with Crippen molar-refractivity contribution in [2.45, 2.75) is 57.9 Å². The number of thioether (sulfide) groups is 1. The number of ether oxygens (including phenoxy) is 1. The van der Waals surface area contributed by atoms with Crippen LogP contribution in [0.4, 0.5) is 4.79 Å². The molecular formula is C21H29N3O3S. The number of alkyl carbamates (subject to hydrolysis) is 1. The van der Waals surface area contributed by atoms with Crippen molar-refractivity contribution in [1.82, 2.24) is 15.5 Å². The number of aromatic nitrogens is 2. The van der Waals surface area contributed by atoms with Gasteiger partial charge in [-0.2, -0.15) is 0 Å². The minimum absolute atomic E-state index is 0.129. The molecule has 2 rings (SSSR count). The van der Waals surface area contributed by atoms with Crippen molar-refractivity contribution in [2.24, 2.45) is 5.92 Å². The second-order valence-corrected chi connectivity index (χ2v) is 8.51. The highest BCUT2D eigenvalue weighted by Gasteiger charge is 2.28. The van der Waals surface area contributed by atoms with Crippen LogP contribution in [-0.2, 0) is 4.74 Å². The maximum atomic E-state index is 12.2. The summed E-state index contributed by atoms with van der Waals surface area (Å²) in [5.41, 5.74) is 0.582. The van der Waals surface area contributed by atoms with Crippen LogP contribution >= 0.6 is 11.8 Å². The van der Waals surface area contributed by atoms with Crippen LogP contribution in [0.2, 0.25) is 0 Å². The number of nitrogens with one attached hydrogen (secondary N) is 1. The molecule has 0 bridgehead atoms. The van der Waals surface area contributed by atoms with Gasteiger partial charge < -0.3 is 14.5 Å². The summed E-state index contributed by atoms with van der Waals surface area (Å²) >= 11 is 1.46. The maximum Gasteiger partial charge on any atom is 0.408 e. The minimum Gasteiger partial charge on any atom is -0.444 e. The summed E-state index contributed by atoms with van der Waals surface area (Å²) in [7, 11) is 0. The molecule has 1 aromatic carbocycles. The SMILES string of the molecule is CCC(C)[C@H](NC(=O)OC(C)(C)C)c1nnc(SC/C=C/c2ccccc2)o1. The van der Waals surface area contributed by atoms with Gasteiger partial charge >= 0.3 is 6.09 Å². The van der Waals surface area contributed by atoms with E-state index in [0.29, 0.717) is 16.9 Å². The van der Waals surface area contributed by atoms with Gasteiger partial charge in [0.15, 0.2) is 0 Å². The molecule has 6 nitrogen and oxygen atoms in total. The van der Waals surface area contributed by atoms with Crippen LogP contribution in [0.1, 0.15) is 58.5 Å². The minimum atomic E-state index is -0.564. The molecule has 1 amide bonds. The van der Waals surface area contributed by atoms with Crippen LogP contribution in [0.15, 0.2) is 46.0 Å². The van der Waals surface area contributed by atoms with E-state index in [4.69, 9.17) is 9.15 Å². The van der Waals surface area contributed by atoms with E-state index >= 15 is 0 Å². The molecule has 0 saturated heterocycles. The predicted octanol–water partition coefficient (Wildman–Crippen LogP) is 5.49. The summed E-state index contributed by atoms with van der Waals surface area (Å²) in [6.07, 6.45) is 4.46. The lowest BCUT2D eigenvalue weighted by molar-refractivity contribution is 0.0474. The van der Waals surface area contributed by atoms with E-state index in [0.717, 1.165) is 12.0 Å². The second-order valence-electron chi connectivity index (χ2n) is 7.54. The van der Waals surface area contributed by atoms with E-state index in [1.807, 2.05) is 58.0 Å². The fraction of sp³-hybridized carbons (Fsp3) is 0.476. The molecule has 0 saturated carbocycles. The molecule has 1 unspecified atom stereocenters. The Labute approximate surface area is 171 Å². The Morgan fingerprint density at radius 1 is 1.29 bits per heavy atom. The van der Waals surface area contributed by atoms with E-state index in [-0.39, 0.29) is 12.0 Å². The Hall–Kier alpha value is -2.28. The Morgan fingerprint density at radius 3 is 2.64 bits per heavy atom. The third kappa shape index (κ3) is 7.38. The number of hydrogen-bond donors (Lipinski definition) is 1. The molecule has 1 N–H and O–H groups in total. The molecule has 1 heterocycles. The molecule has 0 aliphatic heterocycles. The fourth-order valence-electron chi connectivity index (χ4n) is 2.39. The smallest absolute Gasteiger partial charge is 0.408 e. The quantitative estimate of drug-likeness (QED) is 0.588. The summed E-state index contributed by atoms with van der Waals surface area (Å²) in [5.74, 6) is 1.24. The lowest BCUT2D eigenvalue weighted by atomic mass is 9.99. The highest BCUT2D eigenvalue weighted by atomic mass is 32.2. The zero-order valence-corrected chi connectivity index (χ0v) is 18.0. The molecule has 2 atom stereocenters. The molecule has 0 spiro atoms. The lowest BCUT2D eigenvalue weighted by Gasteiger charge is -2.24. The van der Waals surface area contributed by atoms with E-state index < -0.39 is 11.7 Å². The summed E-state index contributed by atoms with van der Waals surface area (Å²) in [6.45, 7) is 9.57. The zero-order valence-electron chi connectivity index (χ0n) is 17.1. The molecule has 0 radical (unpaired) electrons. The van der Waals surface area contributed by atoms with Crippen molar-refractivity contribution in [1.29, 1.82) is 0 Å². The molecule has 152 valence electrons. The van der Waals surface area contributed by atoms with Crippen molar-refractivity contribution in [3.63, 3.8) is 0 Å². The number of carbonyl (C=O) groups is 1. The first-order valence-electron chi connectivity index (χ1n) is 9.45. The molecule has 28 heavy (non-hydrogen) atoms. The van der Waals surface area contributed by atoms with E-state index in [1.165, 1.54) is 11.8 Å². The van der Waals surface area contributed by atoms with Crippen molar-refractivity contribution < 1.29 is 13.9 Å². The third-order valence-corrected chi connectivity index (χ3v) is 4.76. The molecule has 0 fully saturated rings. The van der Waals surface area contributed by atoms with Crippen LogP contribution in [-0.4, -0.2) is 27.6 Å². The first-order chi connectivity index (χ1) is 13.3. The van der Waals surface area contributed by atoms with E-state index in [2.05, 4.69) is 34.6 Å². The normalized spacial score (nSPS) is 14.0. The lowest BCUT2D eigenvalue weighted by Crippen LogP contribution is -2.37. The third-order valence-electron chi connectivity index (χ3n) is 3.99. The topological polar surface area (TPSA) is 77.2 Å². The molecule has 1 aromatic heterocycles. The summed E-state index contributed by atoms with van der Waals surface area (Å²) < 4.78 is 11.1. The van der Waals surface area contributed by atoms with Gasteiger partial charge in [0.25, 0.3) is 5.22 Å². The number of rotatable bonds is 8. The van der Waals surface area contributed by atoms with Gasteiger partial charge in [-0.1, -0.05) is 74.5 Å². The number of nitrogens with zero attached hydrogens (tertiary/aromatic N) is 2. The van der Waals surface area contributed by atoms with Crippen molar-refractivity contribution in [2.75, 3.05) is 5.75 Å². The molecular weight excluding hydrogens is 374 g/mol.